The predicted octanol–water partition coefficient (Wildman–Crippen LogP) is 3.89. The lowest BCUT2D eigenvalue weighted by molar-refractivity contribution is -0.128. The van der Waals surface area contributed by atoms with Crippen LogP contribution in [0.3, 0.4) is 0 Å². The van der Waals surface area contributed by atoms with Crippen LogP contribution in [-0.4, -0.2) is 23.9 Å². The number of rotatable bonds is 5. The smallest absolute Gasteiger partial charge is 0.266 e. The summed E-state index contributed by atoms with van der Waals surface area (Å²) in [6, 6.07) is 8.27. The molecule has 1 aliphatic rings. The molecule has 1 aromatic rings. The molecule has 1 saturated heterocycles. The first kappa shape index (κ1) is 18.1. The molecule has 0 spiro atoms. The molecule has 1 aliphatic heterocycles. The Kier molecular flexibility index (Phi) is 6.43. The monoisotopic (exact) mass is 325 g/mol. The highest BCUT2D eigenvalue weighted by Gasteiger charge is 2.23. The molecule has 2 rings (SSSR count). The fourth-order valence-corrected chi connectivity index (χ4v) is 3.10. The van der Waals surface area contributed by atoms with E-state index in [1.54, 1.807) is 11.1 Å². The van der Waals surface area contributed by atoms with E-state index in [4.69, 9.17) is 0 Å². The van der Waals surface area contributed by atoms with Crippen molar-refractivity contribution < 1.29 is 4.79 Å². The highest BCUT2D eigenvalue weighted by Crippen LogP contribution is 2.23. The van der Waals surface area contributed by atoms with Crippen molar-refractivity contribution in [2.24, 2.45) is 5.92 Å². The second kappa shape index (κ2) is 8.54. The van der Waals surface area contributed by atoms with E-state index >= 15 is 0 Å². The molecule has 0 unspecified atom stereocenters. The first-order valence-electron chi connectivity index (χ1n) is 8.87. The van der Waals surface area contributed by atoms with Crippen LogP contribution in [0.5, 0.6) is 0 Å². The van der Waals surface area contributed by atoms with E-state index in [0.29, 0.717) is 5.92 Å². The molecule has 0 aromatic heterocycles. The Balaban J connectivity index is 2.17. The Labute approximate surface area is 145 Å². The average Bonchev–Trinajstić information content (AvgIpc) is 2.62. The van der Waals surface area contributed by atoms with E-state index in [9.17, 15) is 10.1 Å². The van der Waals surface area contributed by atoms with E-state index in [1.807, 2.05) is 0 Å². The number of aryl methyl sites for hydroxylation is 2. The summed E-state index contributed by atoms with van der Waals surface area (Å²) in [7, 11) is 0. The molecule has 1 amide bonds. The van der Waals surface area contributed by atoms with Gasteiger partial charge in [-0.2, -0.15) is 5.26 Å². The molecule has 1 fully saturated rings. The number of para-hydroxylation sites is 1. The second-order valence-electron chi connectivity index (χ2n) is 6.45. The lowest BCUT2D eigenvalue weighted by Crippen LogP contribution is -2.38. The van der Waals surface area contributed by atoms with Gasteiger partial charge in [-0.05, 0) is 42.7 Å². The third kappa shape index (κ3) is 4.17. The number of nitriles is 1. The molecular weight excluding hydrogens is 298 g/mol. The topological polar surface area (TPSA) is 56.1 Å². The third-order valence-corrected chi connectivity index (χ3v) is 4.78. The van der Waals surface area contributed by atoms with E-state index in [0.717, 1.165) is 44.5 Å². The highest BCUT2D eigenvalue weighted by molar-refractivity contribution is 5.97. The zero-order chi connectivity index (χ0) is 17.5. The van der Waals surface area contributed by atoms with Crippen LogP contribution < -0.4 is 5.32 Å². The van der Waals surface area contributed by atoms with Crippen LogP contribution >= 0.6 is 0 Å². The largest absolute Gasteiger partial charge is 0.360 e. The number of anilines is 1. The Hall–Kier alpha value is -2.28. The Morgan fingerprint density at radius 2 is 1.88 bits per heavy atom. The minimum absolute atomic E-state index is 0.163. The number of benzene rings is 1. The van der Waals surface area contributed by atoms with Crippen LogP contribution in [0.1, 0.15) is 44.7 Å². The molecule has 1 N–H and O–H groups in total. The van der Waals surface area contributed by atoms with Gasteiger partial charge in [0.2, 0.25) is 0 Å². The molecule has 1 aromatic carbocycles. The van der Waals surface area contributed by atoms with Crippen molar-refractivity contribution >= 4 is 11.6 Å². The lowest BCUT2D eigenvalue weighted by Gasteiger charge is -2.30. The summed E-state index contributed by atoms with van der Waals surface area (Å²) in [5.74, 6) is 0.495. The van der Waals surface area contributed by atoms with Gasteiger partial charge in [0, 0.05) is 25.0 Å². The van der Waals surface area contributed by atoms with Crippen LogP contribution in [0, 0.1) is 17.2 Å². The molecule has 0 atom stereocenters. The van der Waals surface area contributed by atoms with Crippen LogP contribution in [-0.2, 0) is 17.6 Å². The van der Waals surface area contributed by atoms with Crippen molar-refractivity contribution in [2.45, 2.75) is 46.5 Å². The maximum absolute atomic E-state index is 12.6. The fourth-order valence-electron chi connectivity index (χ4n) is 3.10. The van der Waals surface area contributed by atoms with Gasteiger partial charge in [-0.15, -0.1) is 0 Å². The number of hydrogen-bond donors (Lipinski definition) is 1. The Morgan fingerprint density at radius 1 is 1.29 bits per heavy atom. The van der Waals surface area contributed by atoms with Crippen molar-refractivity contribution in [3.8, 4) is 6.07 Å². The minimum atomic E-state index is -0.163. The summed E-state index contributed by atoms with van der Waals surface area (Å²) >= 11 is 0. The number of carbonyl (C=O) groups is 1. The number of carbonyl (C=O) groups excluding carboxylic acids is 1. The van der Waals surface area contributed by atoms with Gasteiger partial charge in [0.15, 0.2) is 0 Å². The number of likely N-dealkylation sites (tertiary alicyclic amines) is 1. The summed E-state index contributed by atoms with van der Waals surface area (Å²) in [6.07, 6.45) is 5.41. The Morgan fingerprint density at radius 3 is 2.38 bits per heavy atom. The highest BCUT2D eigenvalue weighted by atomic mass is 16.2. The van der Waals surface area contributed by atoms with Crippen molar-refractivity contribution in [3.63, 3.8) is 0 Å². The summed E-state index contributed by atoms with van der Waals surface area (Å²) < 4.78 is 0. The molecule has 0 radical (unpaired) electrons. The van der Waals surface area contributed by atoms with Gasteiger partial charge in [-0.25, -0.2) is 0 Å². The van der Waals surface area contributed by atoms with E-state index < -0.39 is 0 Å². The second-order valence-corrected chi connectivity index (χ2v) is 6.45. The summed E-state index contributed by atoms with van der Waals surface area (Å²) in [5, 5.41) is 12.6. The van der Waals surface area contributed by atoms with E-state index in [1.165, 1.54) is 11.1 Å². The SMILES string of the molecule is CCc1cccc(CC)c1N/C=C(/C#N)C(=O)N1CCC(C)CC1. The normalized spacial score (nSPS) is 15.9. The van der Waals surface area contributed by atoms with Gasteiger partial charge in [-0.1, -0.05) is 39.0 Å². The van der Waals surface area contributed by atoms with Crippen molar-refractivity contribution in [1.82, 2.24) is 4.90 Å². The molecule has 24 heavy (non-hydrogen) atoms. The molecule has 4 nitrogen and oxygen atoms in total. The molecule has 0 aliphatic carbocycles. The summed E-state index contributed by atoms with van der Waals surface area (Å²) in [5.41, 5.74) is 3.59. The number of nitrogens with zero attached hydrogens (tertiary/aromatic N) is 2. The molecular formula is C20H27N3O. The standard InChI is InChI=1S/C20H27N3O/c1-4-16-7-6-8-17(5-2)19(16)22-14-18(13-21)20(24)23-11-9-15(3)10-12-23/h6-8,14-15,22H,4-5,9-12H2,1-3H3/b18-14-. The van der Waals surface area contributed by atoms with Gasteiger partial charge >= 0.3 is 0 Å². The third-order valence-electron chi connectivity index (χ3n) is 4.78. The average molecular weight is 325 g/mol. The van der Waals surface area contributed by atoms with Gasteiger partial charge in [-0.3, -0.25) is 4.79 Å². The summed E-state index contributed by atoms with van der Waals surface area (Å²) in [4.78, 5) is 14.4. The van der Waals surface area contributed by atoms with Crippen LogP contribution in [0.4, 0.5) is 5.69 Å². The first-order valence-corrected chi connectivity index (χ1v) is 8.87. The quantitative estimate of drug-likeness (QED) is 0.660. The first-order chi connectivity index (χ1) is 11.6. The zero-order valence-corrected chi connectivity index (χ0v) is 14.9. The van der Waals surface area contributed by atoms with Crippen LogP contribution in [0.15, 0.2) is 30.0 Å². The Bertz CT molecular complexity index is 627. The lowest BCUT2D eigenvalue weighted by atomic mass is 9.99. The van der Waals surface area contributed by atoms with Crippen LogP contribution in [0.25, 0.3) is 0 Å². The van der Waals surface area contributed by atoms with E-state index in [2.05, 4.69) is 50.4 Å². The molecule has 4 heteroatoms. The molecule has 1 heterocycles. The molecule has 0 bridgehead atoms. The maximum Gasteiger partial charge on any atom is 0.266 e. The predicted molar refractivity (Wildman–Crippen MR) is 97.5 cm³/mol. The summed E-state index contributed by atoms with van der Waals surface area (Å²) in [6.45, 7) is 7.90. The maximum atomic E-state index is 12.6. The van der Waals surface area contributed by atoms with Gasteiger partial charge in [0.25, 0.3) is 5.91 Å². The number of hydrogen-bond acceptors (Lipinski definition) is 3. The number of piperidine rings is 1. The van der Waals surface area contributed by atoms with Gasteiger partial charge in [0.05, 0.1) is 0 Å². The van der Waals surface area contributed by atoms with Gasteiger partial charge < -0.3 is 10.2 Å². The van der Waals surface area contributed by atoms with E-state index in [-0.39, 0.29) is 11.5 Å². The van der Waals surface area contributed by atoms with Crippen molar-refractivity contribution in [2.75, 3.05) is 18.4 Å². The molecule has 0 saturated carbocycles. The fraction of sp³-hybridized carbons (Fsp3) is 0.500. The van der Waals surface area contributed by atoms with Gasteiger partial charge in [0.1, 0.15) is 11.6 Å². The molecule has 128 valence electrons. The number of nitrogens with one attached hydrogen (secondary N) is 1. The zero-order valence-electron chi connectivity index (χ0n) is 14.9. The number of amides is 1. The van der Waals surface area contributed by atoms with Crippen molar-refractivity contribution in [1.29, 1.82) is 5.26 Å². The minimum Gasteiger partial charge on any atom is -0.360 e. The van der Waals surface area contributed by atoms with Crippen molar-refractivity contribution in [3.05, 3.63) is 41.1 Å². The van der Waals surface area contributed by atoms with Crippen LogP contribution in [0.2, 0.25) is 0 Å².